The summed E-state index contributed by atoms with van der Waals surface area (Å²) in [5.41, 5.74) is 2.82. The summed E-state index contributed by atoms with van der Waals surface area (Å²) >= 11 is 0. The van der Waals surface area contributed by atoms with Gasteiger partial charge < -0.3 is 15.0 Å². The number of para-hydroxylation sites is 1. The van der Waals surface area contributed by atoms with E-state index in [0.717, 1.165) is 32.7 Å². The maximum absolute atomic E-state index is 5.57. The minimum absolute atomic E-state index is 0.556. The Morgan fingerprint density at radius 1 is 1.39 bits per heavy atom. The molecule has 0 aromatic heterocycles. The van der Waals surface area contributed by atoms with Crippen LogP contribution in [0.4, 0.5) is 5.69 Å². The first-order chi connectivity index (χ1) is 8.88. The Bertz CT molecular complexity index is 401. The smallest absolute Gasteiger partial charge is 0.0670 e. The summed E-state index contributed by atoms with van der Waals surface area (Å²) in [6, 6.07) is 9.92. The third kappa shape index (κ3) is 2.25. The van der Waals surface area contributed by atoms with Crippen molar-refractivity contribution in [1.29, 1.82) is 0 Å². The van der Waals surface area contributed by atoms with Crippen LogP contribution in [-0.4, -0.2) is 31.8 Å². The minimum atomic E-state index is 0.556. The van der Waals surface area contributed by atoms with E-state index in [9.17, 15) is 0 Å². The molecule has 3 heteroatoms. The number of benzene rings is 1. The molecule has 2 heterocycles. The monoisotopic (exact) mass is 246 g/mol. The molecule has 2 aliphatic rings. The number of ether oxygens (including phenoxy) is 1. The van der Waals surface area contributed by atoms with Crippen molar-refractivity contribution in [2.45, 2.75) is 38.4 Å². The van der Waals surface area contributed by atoms with Crippen molar-refractivity contribution in [2.24, 2.45) is 0 Å². The van der Waals surface area contributed by atoms with E-state index in [1.807, 2.05) is 0 Å². The van der Waals surface area contributed by atoms with Crippen LogP contribution in [-0.2, 0) is 11.3 Å². The molecular formula is C15H22N2O. The van der Waals surface area contributed by atoms with Crippen molar-refractivity contribution >= 4 is 5.69 Å². The van der Waals surface area contributed by atoms with Gasteiger partial charge in [-0.2, -0.15) is 0 Å². The van der Waals surface area contributed by atoms with Crippen LogP contribution < -0.4 is 10.2 Å². The van der Waals surface area contributed by atoms with Crippen molar-refractivity contribution in [2.75, 3.05) is 24.7 Å². The number of hydrogen-bond donors (Lipinski definition) is 1. The normalized spacial score (nSPS) is 27.9. The fraction of sp³-hybridized carbons (Fsp3) is 0.600. The lowest BCUT2D eigenvalue weighted by molar-refractivity contribution is 0.192. The quantitative estimate of drug-likeness (QED) is 0.865. The van der Waals surface area contributed by atoms with E-state index in [2.05, 4.69) is 41.4 Å². The highest BCUT2D eigenvalue weighted by molar-refractivity contribution is 5.55. The lowest BCUT2D eigenvalue weighted by Gasteiger charge is -2.32. The van der Waals surface area contributed by atoms with E-state index in [0.29, 0.717) is 12.1 Å². The highest BCUT2D eigenvalue weighted by atomic mass is 16.5. The first kappa shape index (κ1) is 12.0. The molecule has 3 rings (SSSR count). The van der Waals surface area contributed by atoms with Gasteiger partial charge in [-0.1, -0.05) is 25.1 Å². The second-order valence-corrected chi connectivity index (χ2v) is 5.28. The van der Waals surface area contributed by atoms with E-state index in [4.69, 9.17) is 4.74 Å². The Kier molecular flexibility index (Phi) is 3.52. The van der Waals surface area contributed by atoms with Crippen molar-refractivity contribution in [3.63, 3.8) is 0 Å². The molecule has 1 aromatic carbocycles. The molecule has 0 aliphatic carbocycles. The van der Waals surface area contributed by atoms with Gasteiger partial charge in [0.25, 0.3) is 0 Å². The Balaban J connectivity index is 1.91. The molecule has 0 amide bonds. The van der Waals surface area contributed by atoms with Gasteiger partial charge in [0.15, 0.2) is 0 Å². The molecule has 1 aromatic rings. The van der Waals surface area contributed by atoms with E-state index < -0.39 is 0 Å². The van der Waals surface area contributed by atoms with Crippen LogP contribution in [0.3, 0.4) is 0 Å². The molecule has 0 saturated carbocycles. The molecule has 1 N–H and O–H groups in total. The van der Waals surface area contributed by atoms with Gasteiger partial charge in [0.1, 0.15) is 0 Å². The Hall–Kier alpha value is -1.06. The highest BCUT2D eigenvalue weighted by Crippen LogP contribution is 2.28. The van der Waals surface area contributed by atoms with Crippen LogP contribution in [0.5, 0.6) is 0 Å². The van der Waals surface area contributed by atoms with E-state index in [1.165, 1.54) is 17.7 Å². The van der Waals surface area contributed by atoms with E-state index in [-0.39, 0.29) is 0 Å². The average molecular weight is 246 g/mol. The van der Waals surface area contributed by atoms with Gasteiger partial charge in [-0.25, -0.2) is 0 Å². The lowest BCUT2D eigenvalue weighted by atomic mass is 10.1. The van der Waals surface area contributed by atoms with Gasteiger partial charge in [0, 0.05) is 31.4 Å². The topological polar surface area (TPSA) is 24.5 Å². The molecule has 2 unspecified atom stereocenters. The molecule has 2 aliphatic heterocycles. The number of rotatable bonds is 2. The van der Waals surface area contributed by atoms with Gasteiger partial charge in [-0.15, -0.1) is 0 Å². The predicted octanol–water partition coefficient (Wildman–Crippen LogP) is 2.16. The number of hydrogen-bond acceptors (Lipinski definition) is 3. The highest BCUT2D eigenvalue weighted by Gasteiger charge is 2.28. The zero-order valence-electron chi connectivity index (χ0n) is 11.1. The summed E-state index contributed by atoms with van der Waals surface area (Å²) in [7, 11) is 0. The standard InChI is InChI=1S/C15H22N2O/c1-2-13-10-17(14-7-8-18-11-14)15-6-4-3-5-12(15)9-16-13/h3-6,13-14,16H,2,7-11H2,1H3. The number of fused-ring (bicyclic) bond motifs is 1. The van der Waals surface area contributed by atoms with Crippen molar-refractivity contribution < 1.29 is 4.74 Å². The maximum Gasteiger partial charge on any atom is 0.0670 e. The second kappa shape index (κ2) is 5.29. The van der Waals surface area contributed by atoms with Gasteiger partial charge in [-0.05, 0) is 24.5 Å². The third-order valence-electron chi connectivity index (χ3n) is 4.14. The fourth-order valence-electron chi connectivity index (χ4n) is 2.98. The SMILES string of the molecule is CCC1CN(C2CCOC2)c2ccccc2CN1. The summed E-state index contributed by atoms with van der Waals surface area (Å²) in [6.45, 7) is 6.13. The third-order valence-corrected chi connectivity index (χ3v) is 4.14. The largest absolute Gasteiger partial charge is 0.379 e. The van der Waals surface area contributed by atoms with Gasteiger partial charge in [-0.3, -0.25) is 0 Å². The summed E-state index contributed by atoms with van der Waals surface area (Å²) < 4.78 is 5.57. The lowest BCUT2D eigenvalue weighted by Crippen LogP contribution is -2.43. The second-order valence-electron chi connectivity index (χ2n) is 5.28. The zero-order valence-corrected chi connectivity index (χ0v) is 11.1. The molecule has 2 atom stereocenters. The first-order valence-electron chi connectivity index (χ1n) is 7.04. The molecule has 98 valence electrons. The van der Waals surface area contributed by atoms with Crippen LogP contribution in [0, 0.1) is 0 Å². The van der Waals surface area contributed by atoms with Crippen molar-refractivity contribution in [3.05, 3.63) is 29.8 Å². The summed E-state index contributed by atoms with van der Waals surface area (Å²) in [5, 5.41) is 3.66. The van der Waals surface area contributed by atoms with Crippen LogP contribution in [0.2, 0.25) is 0 Å². The molecule has 1 saturated heterocycles. The van der Waals surface area contributed by atoms with Crippen LogP contribution >= 0.6 is 0 Å². The van der Waals surface area contributed by atoms with E-state index in [1.54, 1.807) is 0 Å². The fourth-order valence-corrected chi connectivity index (χ4v) is 2.98. The zero-order chi connectivity index (χ0) is 12.4. The van der Waals surface area contributed by atoms with Crippen molar-refractivity contribution in [1.82, 2.24) is 5.32 Å². The van der Waals surface area contributed by atoms with E-state index >= 15 is 0 Å². The molecule has 18 heavy (non-hydrogen) atoms. The Labute approximate surface area is 109 Å². The summed E-state index contributed by atoms with van der Waals surface area (Å²) in [4.78, 5) is 2.57. The van der Waals surface area contributed by atoms with Gasteiger partial charge in [0.2, 0.25) is 0 Å². The maximum atomic E-state index is 5.57. The van der Waals surface area contributed by atoms with Gasteiger partial charge in [0.05, 0.1) is 12.6 Å². The minimum Gasteiger partial charge on any atom is -0.379 e. The predicted molar refractivity (Wildman–Crippen MR) is 73.9 cm³/mol. The Morgan fingerprint density at radius 2 is 2.28 bits per heavy atom. The molecule has 0 radical (unpaired) electrons. The van der Waals surface area contributed by atoms with Crippen LogP contribution in [0.25, 0.3) is 0 Å². The number of anilines is 1. The number of nitrogens with one attached hydrogen (secondary N) is 1. The van der Waals surface area contributed by atoms with Crippen LogP contribution in [0.15, 0.2) is 24.3 Å². The Morgan fingerprint density at radius 3 is 3.06 bits per heavy atom. The van der Waals surface area contributed by atoms with Gasteiger partial charge >= 0.3 is 0 Å². The molecule has 1 fully saturated rings. The molecule has 0 spiro atoms. The first-order valence-corrected chi connectivity index (χ1v) is 7.04. The van der Waals surface area contributed by atoms with Crippen LogP contribution in [0.1, 0.15) is 25.3 Å². The summed E-state index contributed by atoms with van der Waals surface area (Å²) in [5.74, 6) is 0. The average Bonchev–Trinajstić information content (AvgIpc) is 2.87. The summed E-state index contributed by atoms with van der Waals surface area (Å²) in [6.07, 6.45) is 2.34. The van der Waals surface area contributed by atoms with Crippen molar-refractivity contribution in [3.8, 4) is 0 Å². The molecule has 3 nitrogen and oxygen atoms in total. The molecule has 0 bridgehead atoms. The molecular weight excluding hydrogens is 224 g/mol. The number of nitrogens with zero attached hydrogens (tertiary/aromatic N) is 1.